The van der Waals surface area contributed by atoms with Crippen molar-refractivity contribution in [3.8, 4) is 0 Å². The van der Waals surface area contributed by atoms with Crippen molar-refractivity contribution >= 4 is 30.7 Å². The van der Waals surface area contributed by atoms with Gasteiger partial charge in [0.15, 0.2) is 0 Å². The average molecular weight is 438 g/mol. The second-order valence-electron chi connectivity index (χ2n) is 6.29. The number of halogens is 2. The van der Waals surface area contributed by atoms with Crippen LogP contribution in [0.4, 0.5) is 0 Å². The molecule has 0 fully saturated rings. The molecule has 0 aromatic rings. The first-order valence-electron chi connectivity index (χ1n) is 8.33. The van der Waals surface area contributed by atoms with Crippen molar-refractivity contribution in [2.45, 2.75) is 65.5 Å². The summed E-state index contributed by atoms with van der Waals surface area (Å²) < 4.78 is 3.95. The summed E-state index contributed by atoms with van der Waals surface area (Å²) in [6.07, 6.45) is 17.7. The van der Waals surface area contributed by atoms with Crippen molar-refractivity contribution in [1.82, 2.24) is 0 Å². The van der Waals surface area contributed by atoms with E-state index in [-0.39, 0.29) is 24.8 Å². The molecule has 0 saturated carbocycles. The van der Waals surface area contributed by atoms with E-state index >= 15 is 0 Å². The molecular weight excluding hydrogens is 406 g/mol. The number of allylic oxidation sites excluding steroid dienone is 8. The van der Waals surface area contributed by atoms with Gasteiger partial charge < -0.3 is 0 Å². The van der Waals surface area contributed by atoms with Crippen molar-refractivity contribution in [3.05, 3.63) is 42.0 Å². The minimum Gasteiger partial charge on any atom is -0.147 e. The molecule has 0 aromatic carbocycles. The van der Waals surface area contributed by atoms with Gasteiger partial charge in [-0.15, -0.1) is 24.8 Å². The van der Waals surface area contributed by atoms with Gasteiger partial charge in [0.05, 0.1) is 0 Å². The van der Waals surface area contributed by atoms with E-state index in [2.05, 4.69) is 51.2 Å². The van der Waals surface area contributed by atoms with Crippen LogP contribution in [0.15, 0.2) is 42.0 Å². The first-order chi connectivity index (χ1) is 9.69. The van der Waals surface area contributed by atoms with E-state index in [0.717, 1.165) is 0 Å². The first-order valence-corrected chi connectivity index (χ1v) is 17.9. The monoisotopic (exact) mass is 435 g/mol. The van der Waals surface area contributed by atoms with E-state index in [9.17, 15) is 0 Å². The topological polar surface area (TPSA) is 0 Å². The summed E-state index contributed by atoms with van der Waals surface area (Å²) in [6.45, 7) is 9.90. The molecule has 22 heavy (non-hydrogen) atoms. The maximum atomic E-state index is 2.62. The second kappa shape index (κ2) is 11.2. The van der Waals surface area contributed by atoms with Crippen molar-refractivity contribution < 1.29 is 20.9 Å². The largest absolute Gasteiger partial charge is 0.147 e. The molecule has 0 heterocycles. The fourth-order valence-electron chi connectivity index (χ4n) is 3.55. The standard InChI is InChI=1S/2C8H11.C2H7Si.2ClH.Zr/c2*1-2-5-8-6-3-4-7-8;1-3-2;;;/h2*3,6H,2,4-5H2,1H3;3H,1-2H3;2*1H;. The summed E-state index contributed by atoms with van der Waals surface area (Å²) in [5, 5.41) is 0. The minimum atomic E-state index is -1.49. The van der Waals surface area contributed by atoms with E-state index in [1.807, 2.05) is 6.56 Å². The fourth-order valence-corrected chi connectivity index (χ4v) is 24.1. The van der Waals surface area contributed by atoms with Crippen LogP contribution in [0.3, 0.4) is 0 Å². The molecule has 4 heteroatoms. The molecule has 0 atom stereocenters. The molecule has 0 aliphatic heterocycles. The van der Waals surface area contributed by atoms with Crippen LogP contribution in [0, 0.1) is 0 Å². The van der Waals surface area contributed by atoms with Crippen molar-refractivity contribution in [2.24, 2.45) is 0 Å². The summed E-state index contributed by atoms with van der Waals surface area (Å²) in [4.78, 5) is 0. The minimum absolute atomic E-state index is 0. The summed E-state index contributed by atoms with van der Waals surface area (Å²) in [7, 11) is 0. The zero-order valence-corrected chi connectivity index (χ0v) is 19.7. The van der Waals surface area contributed by atoms with Crippen LogP contribution in [0.25, 0.3) is 0 Å². The zero-order valence-electron chi connectivity index (χ0n) is 14.4. The fraction of sp³-hybridized carbons (Fsp3) is 0.556. The molecule has 0 aromatic heterocycles. The van der Waals surface area contributed by atoms with Crippen LogP contribution in [0.1, 0.15) is 52.4 Å². The molecule has 0 unspecified atom stereocenters. The van der Waals surface area contributed by atoms with Gasteiger partial charge in [-0.05, 0) is 0 Å². The molecular formula is C18H31Cl2SiZr. The summed E-state index contributed by atoms with van der Waals surface area (Å²) in [6, 6.07) is 0. The Labute approximate surface area is 158 Å². The predicted molar refractivity (Wildman–Crippen MR) is 105 cm³/mol. The van der Waals surface area contributed by atoms with Gasteiger partial charge >= 0.3 is 134 Å². The molecule has 0 bridgehead atoms. The van der Waals surface area contributed by atoms with Gasteiger partial charge in [-0.2, -0.15) is 0 Å². The molecule has 2 aliphatic carbocycles. The summed E-state index contributed by atoms with van der Waals surface area (Å²) in [5.41, 5.74) is 3.50. The van der Waals surface area contributed by atoms with Crippen molar-refractivity contribution in [3.63, 3.8) is 0 Å². The van der Waals surface area contributed by atoms with Gasteiger partial charge in [0.25, 0.3) is 0 Å². The third kappa shape index (κ3) is 5.33. The molecule has 125 valence electrons. The first kappa shape index (κ1) is 22.6. The van der Waals surface area contributed by atoms with Crippen LogP contribution in [-0.2, 0) is 20.9 Å². The number of hydrogen-bond donors (Lipinski definition) is 0. The van der Waals surface area contributed by atoms with E-state index in [1.54, 1.807) is 11.1 Å². The average Bonchev–Trinajstić information content (AvgIpc) is 3.02. The van der Waals surface area contributed by atoms with E-state index in [0.29, 0.717) is 0 Å². The predicted octanol–water partition coefficient (Wildman–Crippen LogP) is 6.46. The van der Waals surface area contributed by atoms with Gasteiger partial charge in [-0.3, -0.25) is 0 Å². The summed E-state index contributed by atoms with van der Waals surface area (Å²) in [5.74, 6) is -0.518. The molecule has 0 spiro atoms. The summed E-state index contributed by atoms with van der Waals surface area (Å²) >= 11 is -1.49. The molecule has 0 radical (unpaired) electrons. The number of rotatable bonds is 7. The third-order valence-electron chi connectivity index (χ3n) is 4.32. The molecule has 0 saturated heterocycles. The Morgan fingerprint density at radius 3 is 1.59 bits per heavy atom. The number of hydrogen-bond acceptors (Lipinski definition) is 0. The van der Waals surface area contributed by atoms with Crippen LogP contribution in [-0.4, -0.2) is 5.92 Å². The van der Waals surface area contributed by atoms with Crippen LogP contribution >= 0.6 is 24.8 Å². The van der Waals surface area contributed by atoms with E-state index in [4.69, 9.17) is 0 Å². The molecule has 0 amide bonds. The van der Waals surface area contributed by atoms with Crippen molar-refractivity contribution in [2.75, 3.05) is 0 Å². The van der Waals surface area contributed by atoms with E-state index < -0.39 is 26.8 Å². The van der Waals surface area contributed by atoms with E-state index in [1.165, 1.54) is 38.5 Å². The smallest absolute Gasteiger partial charge is 0.147 e. The Morgan fingerprint density at radius 1 is 0.864 bits per heavy atom. The van der Waals surface area contributed by atoms with Crippen LogP contribution in [0.5, 0.6) is 0 Å². The molecule has 0 nitrogen and oxygen atoms in total. The molecule has 2 rings (SSSR count). The third-order valence-corrected chi connectivity index (χ3v) is 23.9. The van der Waals surface area contributed by atoms with Gasteiger partial charge in [0, 0.05) is 0 Å². The van der Waals surface area contributed by atoms with Crippen molar-refractivity contribution in [1.29, 1.82) is 0 Å². The van der Waals surface area contributed by atoms with Crippen LogP contribution in [0.2, 0.25) is 13.1 Å². The Balaban J connectivity index is 0.00000220. The van der Waals surface area contributed by atoms with Gasteiger partial charge in [-0.25, -0.2) is 0 Å². The Hall–Kier alpha value is 0.640. The maximum absolute atomic E-state index is 2.62. The Kier molecular flexibility index (Phi) is 11.6. The van der Waals surface area contributed by atoms with Gasteiger partial charge in [0.2, 0.25) is 0 Å². The SMILES string of the molecule is CCCC1=[C]([Zr]([C]2=C(CCC)C=CC2)[SiH](C)C)CC=C1.Cl.Cl. The Bertz CT molecular complexity index is 435. The zero-order chi connectivity index (χ0) is 14.5. The quantitative estimate of drug-likeness (QED) is 0.401. The van der Waals surface area contributed by atoms with Gasteiger partial charge in [-0.1, -0.05) is 0 Å². The maximum Gasteiger partial charge on any atom is -0.147 e. The molecule has 2 aliphatic rings. The second-order valence-corrected chi connectivity index (χ2v) is 25.5. The Morgan fingerprint density at radius 2 is 1.27 bits per heavy atom. The van der Waals surface area contributed by atoms with Gasteiger partial charge in [0.1, 0.15) is 0 Å². The normalized spacial score (nSPS) is 16.4. The van der Waals surface area contributed by atoms with Crippen LogP contribution < -0.4 is 0 Å². The molecule has 0 N–H and O–H groups in total.